The number of aryl methyl sites for hydroxylation is 1. The molecule has 11 heteroatoms. The first-order valence-electron chi connectivity index (χ1n) is 9.87. The number of hydrogen-bond donors (Lipinski definition) is 1. The quantitative estimate of drug-likeness (QED) is 0.569. The number of hydrogen-bond acceptors (Lipinski definition) is 7. The van der Waals surface area contributed by atoms with E-state index in [1.165, 1.54) is 72.8 Å². The minimum absolute atomic E-state index is 0.0412. The molecule has 2 N–H and O–H groups in total. The molecule has 0 saturated heterocycles. The summed E-state index contributed by atoms with van der Waals surface area (Å²) in [5.74, 6) is -1.84. The number of methoxy groups -OCH3 is 1. The molecule has 0 fully saturated rings. The van der Waals surface area contributed by atoms with Gasteiger partial charge < -0.3 is 15.0 Å². The van der Waals surface area contributed by atoms with Crippen LogP contribution in [0.1, 0.15) is 21.6 Å². The van der Waals surface area contributed by atoms with Crippen LogP contribution >= 0.6 is 0 Å². The number of aromatic nitrogens is 3. The molecule has 0 radical (unpaired) electrons. The normalized spacial score (nSPS) is 17.9. The van der Waals surface area contributed by atoms with Gasteiger partial charge in [-0.15, -0.1) is 0 Å². The molecule has 4 rings (SSSR count). The molecular formula is C22H20F2N6O3. The fourth-order valence-corrected chi connectivity index (χ4v) is 3.85. The van der Waals surface area contributed by atoms with Gasteiger partial charge in [0.1, 0.15) is 24.5 Å². The highest BCUT2D eigenvalue weighted by Crippen LogP contribution is 2.41. The summed E-state index contributed by atoms with van der Waals surface area (Å²) in [5.41, 5.74) is 5.42. The second-order valence-corrected chi connectivity index (χ2v) is 7.35. The molecule has 1 aliphatic heterocycles. The molecule has 0 aliphatic carbocycles. The molecule has 1 amide bonds. The smallest absolute Gasteiger partial charge is 0.354 e. The van der Waals surface area contributed by atoms with Crippen molar-refractivity contribution in [3.63, 3.8) is 0 Å². The second kappa shape index (κ2) is 8.41. The van der Waals surface area contributed by atoms with Crippen molar-refractivity contribution >= 4 is 17.8 Å². The molecular weight excluding hydrogens is 434 g/mol. The molecule has 170 valence electrons. The molecule has 1 aromatic carbocycles. The summed E-state index contributed by atoms with van der Waals surface area (Å²) < 4.78 is 34.0. The molecule has 9 nitrogen and oxygen atoms in total. The predicted molar refractivity (Wildman–Crippen MR) is 114 cm³/mol. The number of carbonyl (C=O) groups is 2. The molecule has 3 aromatic rings. The van der Waals surface area contributed by atoms with E-state index in [1.54, 1.807) is 0 Å². The Hall–Kier alpha value is -4.15. The van der Waals surface area contributed by atoms with Gasteiger partial charge in [-0.3, -0.25) is 9.69 Å². The first kappa shape index (κ1) is 22.1. The van der Waals surface area contributed by atoms with Crippen LogP contribution in [0.3, 0.4) is 0 Å². The molecule has 0 saturated carbocycles. The van der Waals surface area contributed by atoms with Crippen molar-refractivity contribution in [1.29, 1.82) is 0 Å². The van der Waals surface area contributed by atoms with E-state index >= 15 is 0 Å². The van der Waals surface area contributed by atoms with Crippen molar-refractivity contribution in [2.24, 2.45) is 10.7 Å². The number of carbonyl (C=O) groups excluding carboxylic acids is 2. The summed E-state index contributed by atoms with van der Waals surface area (Å²) in [7, 11) is 2.65. The van der Waals surface area contributed by atoms with Crippen LogP contribution in [-0.4, -0.2) is 58.1 Å². The van der Waals surface area contributed by atoms with Crippen LogP contribution in [0.4, 0.5) is 8.78 Å². The number of rotatable bonds is 6. The standard InChI is InChI=1S/C22H20F2N6O3/c1-29-20(32)22(28-21(29)25,15-8-18(19(31)33-2)30(11-15)6-5-23)14-3-4-17(24)16(7-14)13-9-26-12-27-10-13/h3-4,7-12H,5-6H2,1-2H3,(H2,25,28). The number of benzene rings is 1. The summed E-state index contributed by atoms with van der Waals surface area (Å²) in [4.78, 5) is 39.2. The van der Waals surface area contributed by atoms with E-state index < -0.39 is 29.9 Å². The molecule has 1 unspecified atom stereocenters. The van der Waals surface area contributed by atoms with E-state index in [4.69, 9.17) is 10.5 Å². The van der Waals surface area contributed by atoms with Gasteiger partial charge >= 0.3 is 5.97 Å². The Kier molecular flexibility index (Phi) is 5.62. The first-order chi connectivity index (χ1) is 15.8. The number of aliphatic imine (C=N–C) groups is 1. The van der Waals surface area contributed by atoms with Crippen LogP contribution in [-0.2, 0) is 21.6 Å². The van der Waals surface area contributed by atoms with Gasteiger partial charge in [0.2, 0.25) is 0 Å². The summed E-state index contributed by atoms with van der Waals surface area (Å²) >= 11 is 0. The monoisotopic (exact) mass is 454 g/mol. The average Bonchev–Trinajstić information content (AvgIpc) is 3.35. The number of guanidine groups is 1. The molecule has 0 spiro atoms. The lowest BCUT2D eigenvalue weighted by molar-refractivity contribution is -0.129. The highest BCUT2D eigenvalue weighted by molar-refractivity contribution is 6.09. The number of amides is 1. The van der Waals surface area contributed by atoms with Crippen molar-refractivity contribution in [3.8, 4) is 11.1 Å². The zero-order valence-electron chi connectivity index (χ0n) is 17.8. The van der Waals surface area contributed by atoms with Gasteiger partial charge in [-0.25, -0.2) is 28.5 Å². The van der Waals surface area contributed by atoms with Crippen LogP contribution < -0.4 is 5.73 Å². The number of nitrogens with zero attached hydrogens (tertiary/aromatic N) is 5. The van der Waals surface area contributed by atoms with Crippen molar-refractivity contribution in [3.05, 3.63) is 71.8 Å². The summed E-state index contributed by atoms with van der Waals surface area (Å²) in [5, 5.41) is 0. The predicted octanol–water partition coefficient (Wildman–Crippen LogP) is 1.87. The minimum atomic E-state index is -1.72. The van der Waals surface area contributed by atoms with Crippen molar-refractivity contribution in [1.82, 2.24) is 19.4 Å². The number of esters is 1. The lowest BCUT2D eigenvalue weighted by Crippen LogP contribution is -2.41. The molecule has 1 aliphatic rings. The minimum Gasteiger partial charge on any atom is -0.464 e. The third-order valence-corrected chi connectivity index (χ3v) is 5.53. The third kappa shape index (κ3) is 3.51. The van der Waals surface area contributed by atoms with E-state index in [1.807, 2.05) is 0 Å². The molecule has 3 heterocycles. The molecule has 1 atom stereocenters. The maximum Gasteiger partial charge on any atom is 0.354 e. The van der Waals surface area contributed by atoms with Gasteiger partial charge in [0.15, 0.2) is 11.5 Å². The topological polar surface area (TPSA) is 116 Å². The number of alkyl halides is 1. The van der Waals surface area contributed by atoms with E-state index in [-0.39, 0.29) is 29.3 Å². The van der Waals surface area contributed by atoms with Crippen molar-refractivity contribution in [2.45, 2.75) is 12.1 Å². The number of likely N-dealkylation sites (N-methyl/N-ethyl adjacent to an activating group) is 1. The van der Waals surface area contributed by atoms with E-state index in [0.29, 0.717) is 11.1 Å². The number of ether oxygens (including phenoxy) is 1. The lowest BCUT2D eigenvalue weighted by atomic mass is 9.83. The maximum absolute atomic E-state index is 14.7. The van der Waals surface area contributed by atoms with Gasteiger partial charge in [0, 0.05) is 42.3 Å². The molecule has 2 aromatic heterocycles. The zero-order valence-corrected chi connectivity index (χ0v) is 17.8. The Labute approximate surface area is 187 Å². The van der Waals surface area contributed by atoms with Crippen LogP contribution in [0.15, 0.2) is 54.2 Å². The molecule has 33 heavy (non-hydrogen) atoms. The van der Waals surface area contributed by atoms with Crippen LogP contribution in [0.2, 0.25) is 0 Å². The molecule has 0 bridgehead atoms. The number of halogens is 2. The van der Waals surface area contributed by atoms with Gasteiger partial charge in [-0.1, -0.05) is 6.07 Å². The fourth-order valence-electron chi connectivity index (χ4n) is 3.85. The van der Waals surface area contributed by atoms with Gasteiger partial charge in [-0.2, -0.15) is 0 Å². The van der Waals surface area contributed by atoms with E-state index in [0.717, 1.165) is 0 Å². The maximum atomic E-state index is 14.7. The fraction of sp³-hybridized carbons (Fsp3) is 0.227. The Balaban J connectivity index is 1.98. The highest BCUT2D eigenvalue weighted by Gasteiger charge is 2.50. The Bertz CT molecular complexity index is 1260. The highest BCUT2D eigenvalue weighted by atomic mass is 19.1. The van der Waals surface area contributed by atoms with Crippen LogP contribution in [0.25, 0.3) is 11.1 Å². The average molecular weight is 454 g/mol. The lowest BCUT2D eigenvalue weighted by Gasteiger charge is -2.25. The largest absolute Gasteiger partial charge is 0.464 e. The van der Waals surface area contributed by atoms with Crippen LogP contribution in [0.5, 0.6) is 0 Å². The Morgan fingerprint density at radius 1 is 1.21 bits per heavy atom. The second-order valence-electron chi connectivity index (χ2n) is 7.35. The van der Waals surface area contributed by atoms with E-state index in [9.17, 15) is 18.4 Å². The summed E-state index contributed by atoms with van der Waals surface area (Å²) in [6.07, 6.45) is 5.65. The van der Waals surface area contributed by atoms with Crippen molar-refractivity contribution < 1.29 is 23.1 Å². The number of nitrogens with two attached hydrogens (primary N) is 1. The van der Waals surface area contributed by atoms with Crippen LogP contribution in [0, 0.1) is 5.82 Å². The van der Waals surface area contributed by atoms with Gasteiger partial charge in [0.05, 0.1) is 13.7 Å². The van der Waals surface area contributed by atoms with Gasteiger partial charge in [0.25, 0.3) is 5.91 Å². The SMILES string of the molecule is COC(=O)c1cc(C2(c3ccc(F)c(-c4cncnc4)c3)N=C(N)N(C)C2=O)cn1CCF. The Morgan fingerprint density at radius 3 is 2.55 bits per heavy atom. The van der Waals surface area contributed by atoms with E-state index in [2.05, 4.69) is 15.0 Å². The van der Waals surface area contributed by atoms with Gasteiger partial charge in [-0.05, 0) is 23.8 Å². The summed E-state index contributed by atoms with van der Waals surface area (Å²) in [6.45, 7) is -0.890. The Morgan fingerprint density at radius 2 is 1.94 bits per heavy atom. The third-order valence-electron chi connectivity index (χ3n) is 5.53. The van der Waals surface area contributed by atoms with Crippen molar-refractivity contribution in [2.75, 3.05) is 20.8 Å². The first-order valence-corrected chi connectivity index (χ1v) is 9.87. The summed E-state index contributed by atoms with van der Waals surface area (Å²) in [6, 6.07) is 5.49. The zero-order chi connectivity index (χ0) is 23.8.